The number of nitrogens with zero attached hydrogens (tertiary/aromatic N) is 5. The summed E-state index contributed by atoms with van der Waals surface area (Å²) in [4.78, 5) is 15.0. The van der Waals surface area contributed by atoms with Gasteiger partial charge in [-0.05, 0) is 22.6 Å². The van der Waals surface area contributed by atoms with Crippen molar-refractivity contribution in [3.05, 3.63) is 41.0 Å². The molecule has 0 saturated heterocycles. The van der Waals surface area contributed by atoms with Gasteiger partial charge in [-0.1, -0.05) is 12.1 Å². The summed E-state index contributed by atoms with van der Waals surface area (Å²) >= 11 is 1.34. The topological polar surface area (TPSA) is 93.8 Å². The van der Waals surface area contributed by atoms with Gasteiger partial charge in [0.15, 0.2) is 0 Å². The van der Waals surface area contributed by atoms with E-state index in [1.54, 1.807) is 4.68 Å². The number of benzene rings is 1. The van der Waals surface area contributed by atoms with Gasteiger partial charge in [-0.25, -0.2) is 9.67 Å². The van der Waals surface area contributed by atoms with E-state index in [-0.39, 0.29) is 6.42 Å². The monoisotopic (exact) mass is 287 g/mol. The number of carboxylic acid groups (broad SMARTS) is 1. The molecule has 0 bridgehead atoms. The molecule has 1 aromatic carbocycles. The van der Waals surface area contributed by atoms with Crippen molar-refractivity contribution >= 4 is 17.3 Å². The molecule has 0 aliphatic rings. The summed E-state index contributed by atoms with van der Waals surface area (Å²) in [5.74, 6) is -0.881. The first kappa shape index (κ1) is 12.4. The fraction of sp³-hybridized carbons (Fsp3) is 0.0833. The molecule has 1 N–H and O–H groups in total. The van der Waals surface area contributed by atoms with Crippen LogP contribution in [0.2, 0.25) is 0 Å². The van der Waals surface area contributed by atoms with E-state index in [4.69, 9.17) is 5.11 Å². The van der Waals surface area contributed by atoms with Crippen LogP contribution in [0.5, 0.6) is 0 Å². The minimum absolute atomic E-state index is 0.0582. The Kier molecular flexibility index (Phi) is 3.21. The Morgan fingerprint density at radius 2 is 2.30 bits per heavy atom. The minimum atomic E-state index is -0.881. The number of thiazole rings is 1. The van der Waals surface area contributed by atoms with Gasteiger partial charge in [-0.2, -0.15) is 0 Å². The van der Waals surface area contributed by atoms with Crippen LogP contribution in [0.15, 0.2) is 36.0 Å². The summed E-state index contributed by atoms with van der Waals surface area (Å²) in [5.41, 5.74) is 2.47. The van der Waals surface area contributed by atoms with Gasteiger partial charge in [0.2, 0.25) is 0 Å². The van der Waals surface area contributed by atoms with Crippen molar-refractivity contribution in [2.75, 3.05) is 0 Å². The standard InChI is InChI=1S/C12H9N5O2S/c18-12(19)5-11-14-10(6-20-11)8-2-1-3-9(4-8)17-7-13-15-16-17/h1-4,6-7H,5H2,(H,18,19). The maximum atomic E-state index is 10.7. The predicted octanol–water partition coefficient (Wildman–Crippen LogP) is 1.41. The van der Waals surface area contributed by atoms with Crippen molar-refractivity contribution in [3.63, 3.8) is 0 Å². The van der Waals surface area contributed by atoms with Gasteiger partial charge in [0.25, 0.3) is 0 Å². The molecule has 3 rings (SSSR count). The Labute approximate surface area is 117 Å². The van der Waals surface area contributed by atoms with E-state index in [0.29, 0.717) is 5.01 Å². The second-order valence-electron chi connectivity index (χ2n) is 4.00. The lowest BCUT2D eigenvalue weighted by molar-refractivity contribution is -0.136. The van der Waals surface area contributed by atoms with Gasteiger partial charge in [0, 0.05) is 10.9 Å². The number of tetrazole rings is 1. The second kappa shape index (κ2) is 5.17. The number of carboxylic acids is 1. The molecule has 0 aliphatic heterocycles. The highest BCUT2D eigenvalue weighted by Crippen LogP contribution is 2.24. The van der Waals surface area contributed by atoms with Crippen molar-refractivity contribution in [1.82, 2.24) is 25.2 Å². The first-order valence-corrected chi connectivity index (χ1v) is 6.60. The van der Waals surface area contributed by atoms with E-state index in [1.807, 2.05) is 29.6 Å². The Balaban J connectivity index is 1.92. The molecule has 0 spiro atoms. The number of carbonyl (C=O) groups is 1. The molecule has 100 valence electrons. The average Bonchev–Trinajstić information content (AvgIpc) is 3.09. The van der Waals surface area contributed by atoms with Crippen LogP contribution >= 0.6 is 11.3 Å². The van der Waals surface area contributed by atoms with E-state index in [0.717, 1.165) is 16.9 Å². The van der Waals surface area contributed by atoms with E-state index in [2.05, 4.69) is 20.5 Å². The Morgan fingerprint density at radius 3 is 3.05 bits per heavy atom. The van der Waals surface area contributed by atoms with E-state index < -0.39 is 5.97 Å². The zero-order valence-corrected chi connectivity index (χ0v) is 11.0. The maximum absolute atomic E-state index is 10.7. The molecule has 0 unspecified atom stereocenters. The zero-order valence-electron chi connectivity index (χ0n) is 10.2. The summed E-state index contributed by atoms with van der Waals surface area (Å²) in [6.07, 6.45) is 1.45. The Hall–Kier alpha value is -2.61. The fourth-order valence-corrected chi connectivity index (χ4v) is 2.54. The van der Waals surface area contributed by atoms with Crippen LogP contribution in [-0.2, 0) is 11.2 Å². The van der Waals surface area contributed by atoms with Crippen LogP contribution in [0.3, 0.4) is 0 Å². The van der Waals surface area contributed by atoms with Gasteiger partial charge in [-0.15, -0.1) is 16.4 Å². The second-order valence-corrected chi connectivity index (χ2v) is 4.94. The first-order valence-electron chi connectivity index (χ1n) is 5.72. The highest BCUT2D eigenvalue weighted by Gasteiger charge is 2.09. The van der Waals surface area contributed by atoms with Crippen LogP contribution in [-0.4, -0.2) is 36.3 Å². The number of aromatic nitrogens is 5. The first-order chi connectivity index (χ1) is 9.72. The van der Waals surface area contributed by atoms with E-state index in [1.165, 1.54) is 17.7 Å². The van der Waals surface area contributed by atoms with Crippen molar-refractivity contribution < 1.29 is 9.90 Å². The van der Waals surface area contributed by atoms with Crippen LogP contribution in [0.4, 0.5) is 0 Å². The molecule has 0 amide bonds. The molecule has 0 aliphatic carbocycles. The molecule has 0 radical (unpaired) electrons. The third-order valence-electron chi connectivity index (χ3n) is 2.61. The summed E-state index contributed by atoms with van der Waals surface area (Å²) < 4.78 is 1.55. The zero-order chi connectivity index (χ0) is 13.9. The van der Waals surface area contributed by atoms with E-state index in [9.17, 15) is 4.79 Å². The van der Waals surface area contributed by atoms with Crippen LogP contribution in [0.25, 0.3) is 16.9 Å². The van der Waals surface area contributed by atoms with Gasteiger partial charge in [0.05, 0.1) is 17.8 Å². The van der Waals surface area contributed by atoms with Gasteiger partial charge in [0.1, 0.15) is 11.3 Å². The molecule has 0 atom stereocenters. The molecule has 2 aromatic heterocycles. The number of hydrogen-bond acceptors (Lipinski definition) is 6. The van der Waals surface area contributed by atoms with Gasteiger partial charge < -0.3 is 5.11 Å². The van der Waals surface area contributed by atoms with Gasteiger partial charge in [-0.3, -0.25) is 4.79 Å². The lowest BCUT2D eigenvalue weighted by Gasteiger charge is -2.01. The quantitative estimate of drug-likeness (QED) is 0.779. The van der Waals surface area contributed by atoms with Crippen molar-refractivity contribution in [1.29, 1.82) is 0 Å². The summed E-state index contributed by atoms with van der Waals surface area (Å²) in [6, 6.07) is 7.57. The SMILES string of the molecule is O=C(O)Cc1nc(-c2cccc(-n3cnnn3)c2)cs1. The third-order valence-corrected chi connectivity index (χ3v) is 3.46. The van der Waals surface area contributed by atoms with Crippen LogP contribution in [0, 0.1) is 0 Å². The molecule has 8 heteroatoms. The Bertz CT molecular complexity index is 738. The maximum Gasteiger partial charge on any atom is 0.310 e. The molecule has 7 nitrogen and oxygen atoms in total. The molecule has 2 heterocycles. The lowest BCUT2D eigenvalue weighted by Crippen LogP contribution is -1.99. The molecule has 0 fully saturated rings. The summed E-state index contributed by atoms with van der Waals surface area (Å²) in [5, 5.41) is 22.2. The van der Waals surface area contributed by atoms with Crippen molar-refractivity contribution in [2.24, 2.45) is 0 Å². The highest BCUT2D eigenvalue weighted by molar-refractivity contribution is 7.10. The molecule has 20 heavy (non-hydrogen) atoms. The predicted molar refractivity (Wildman–Crippen MR) is 71.6 cm³/mol. The number of aliphatic carboxylic acids is 1. The summed E-state index contributed by atoms with van der Waals surface area (Å²) in [6.45, 7) is 0. The number of hydrogen-bond donors (Lipinski definition) is 1. The van der Waals surface area contributed by atoms with E-state index >= 15 is 0 Å². The minimum Gasteiger partial charge on any atom is -0.481 e. The highest BCUT2D eigenvalue weighted by atomic mass is 32.1. The van der Waals surface area contributed by atoms with Gasteiger partial charge >= 0.3 is 5.97 Å². The third kappa shape index (κ3) is 2.54. The average molecular weight is 287 g/mol. The summed E-state index contributed by atoms with van der Waals surface area (Å²) in [7, 11) is 0. The number of rotatable bonds is 4. The van der Waals surface area contributed by atoms with Crippen LogP contribution < -0.4 is 0 Å². The smallest absolute Gasteiger partial charge is 0.310 e. The lowest BCUT2D eigenvalue weighted by atomic mass is 10.1. The fourth-order valence-electron chi connectivity index (χ4n) is 1.74. The van der Waals surface area contributed by atoms with Crippen molar-refractivity contribution in [3.8, 4) is 16.9 Å². The molecular formula is C12H9N5O2S. The molecule has 0 saturated carbocycles. The normalized spacial score (nSPS) is 10.6. The molecular weight excluding hydrogens is 278 g/mol. The molecule has 3 aromatic rings. The Morgan fingerprint density at radius 1 is 1.40 bits per heavy atom. The largest absolute Gasteiger partial charge is 0.481 e. The van der Waals surface area contributed by atoms with Crippen LogP contribution in [0.1, 0.15) is 5.01 Å². The van der Waals surface area contributed by atoms with Crippen molar-refractivity contribution in [2.45, 2.75) is 6.42 Å².